The van der Waals surface area contributed by atoms with Crippen LogP contribution < -0.4 is 5.32 Å². The third-order valence-corrected chi connectivity index (χ3v) is 3.92. The van der Waals surface area contributed by atoms with Crippen molar-refractivity contribution in [1.82, 2.24) is 15.3 Å². The smallest absolute Gasteiger partial charge is 0.115 e. The van der Waals surface area contributed by atoms with E-state index in [1.807, 2.05) is 18.0 Å². The molecule has 0 spiro atoms. The molecule has 1 N–H and O–H groups in total. The molecule has 1 aliphatic rings. The van der Waals surface area contributed by atoms with Gasteiger partial charge in [0.1, 0.15) is 5.03 Å². The largest absolute Gasteiger partial charge is 0.314 e. The second-order valence-corrected chi connectivity index (χ2v) is 5.17. The van der Waals surface area contributed by atoms with Crippen molar-refractivity contribution in [3.8, 4) is 0 Å². The standard InChI is InChI=1S/C11H17N3S/c1-2-13-9-3-4-10(7-9)15-11-8-12-5-6-14-11/h5-6,8-10,13H,2-4,7H2,1H3. The molecule has 1 aliphatic carbocycles. The summed E-state index contributed by atoms with van der Waals surface area (Å²) in [5, 5.41) is 5.28. The molecular formula is C11H17N3S. The molecule has 1 heterocycles. The Kier molecular flexibility index (Phi) is 3.97. The molecule has 0 aliphatic heterocycles. The van der Waals surface area contributed by atoms with E-state index in [0.717, 1.165) is 11.6 Å². The third kappa shape index (κ3) is 3.18. The molecular weight excluding hydrogens is 206 g/mol. The Morgan fingerprint density at radius 1 is 1.47 bits per heavy atom. The van der Waals surface area contributed by atoms with Gasteiger partial charge in [0.15, 0.2) is 0 Å². The summed E-state index contributed by atoms with van der Waals surface area (Å²) in [5.41, 5.74) is 0. The summed E-state index contributed by atoms with van der Waals surface area (Å²) in [5.74, 6) is 0. The summed E-state index contributed by atoms with van der Waals surface area (Å²) in [4.78, 5) is 8.38. The van der Waals surface area contributed by atoms with E-state index in [-0.39, 0.29) is 0 Å². The molecule has 3 nitrogen and oxygen atoms in total. The first-order chi connectivity index (χ1) is 7.38. The van der Waals surface area contributed by atoms with Gasteiger partial charge in [-0.3, -0.25) is 4.98 Å². The SMILES string of the molecule is CCNC1CCC(Sc2cnccn2)C1. The molecule has 82 valence electrons. The lowest BCUT2D eigenvalue weighted by Gasteiger charge is -2.10. The number of rotatable bonds is 4. The fraction of sp³-hybridized carbons (Fsp3) is 0.636. The second kappa shape index (κ2) is 5.47. The Hall–Kier alpha value is -0.610. The van der Waals surface area contributed by atoms with Crippen LogP contribution in [0.2, 0.25) is 0 Å². The Labute approximate surface area is 95.1 Å². The summed E-state index contributed by atoms with van der Waals surface area (Å²) in [6.07, 6.45) is 9.18. The monoisotopic (exact) mass is 223 g/mol. The fourth-order valence-corrected chi connectivity index (χ4v) is 3.21. The molecule has 15 heavy (non-hydrogen) atoms. The van der Waals surface area contributed by atoms with Crippen molar-refractivity contribution in [3.05, 3.63) is 18.6 Å². The number of hydrogen-bond acceptors (Lipinski definition) is 4. The van der Waals surface area contributed by atoms with E-state index in [2.05, 4.69) is 22.2 Å². The van der Waals surface area contributed by atoms with E-state index in [9.17, 15) is 0 Å². The first-order valence-corrected chi connectivity index (χ1v) is 6.42. The van der Waals surface area contributed by atoms with Crippen LogP contribution in [0.25, 0.3) is 0 Å². The minimum Gasteiger partial charge on any atom is -0.314 e. The topological polar surface area (TPSA) is 37.8 Å². The molecule has 1 aromatic rings. The Morgan fingerprint density at radius 2 is 2.40 bits per heavy atom. The molecule has 1 saturated carbocycles. The lowest BCUT2D eigenvalue weighted by molar-refractivity contribution is 0.543. The first kappa shape index (κ1) is 10.9. The molecule has 0 aromatic carbocycles. The van der Waals surface area contributed by atoms with Gasteiger partial charge in [0, 0.05) is 23.7 Å². The molecule has 0 amide bonds. The van der Waals surface area contributed by atoms with E-state index < -0.39 is 0 Å². The van der Waals surface area contributed by atoms with Crippen molar-refractivity contribution in [1.29, 1.82) is 0 Å². The van der Waals surface area contributed by atoms with Gasteiger partial charge in [-0.2, -0.15) is 0 Å². The van der Waals surface area contributed by atoms with Crippen LogP contribution in [0.5, 0.6) is 0 Å². The third-order valence-electron chi connectivity index (χ3n) is 2.70. The van der Waals surface area contributed by atoms with Gasteiger partial charge in [-0.25, -0.2) is 4.98 Å². The highest BCUT2D eigenvalue weighted by molar-refractivity contribution is 7.99. The second-order valence-electron chi connectivity index (χ2n) is 3.85. The van der Waals surface area contributed by atoms with Crippen molar-refractivity contribution in [3.63, 3.8) is 0 Å². The Bertz CT molecular complexity index is 291. The number of hydrogen-bond donors (Lipinski definition) is 1. The predicted molar refractivity (Wildman–Crippen MR) is 63.0 cm³/mol. The van der Waals surface area contributed by atoms with E-state index in [1.165, 1.54) is 19.3 Å². The van der Waals surface area contributed by atoms with Crippen LogP contribution in [0.15, 0.2) is 23.6 Å². The maximum atomic E-state index is 4.29. The van der Waals surface area contributed by atoms with Crippen molar-refractivity contribution < 1.29 is 0 Å². The molecule has 0 saturated heterocycles. The van der Waals surface area contributed by atoms with Crippen molar-refractivity contribution in [2.45, 2.75) is 42.5 Å². The highest BCUT2D eigenvalue weighted by atomic mass is 32.2. The lowest BCUT2D eigenvalue weighted by atomic mass is 10.2. The lowest BCUT2D eigenvalue weighted by Crippen LogP contribution is -2.26. The minimum atomic E-state index is 0.712. The molecule has 4 heteroatoms. The minimum absolute atomic E-state index is 0.712. The van der Waals surface area contributed by atoms with Gasteiger partial charge in [0.05, 0.1) is 6.20 Å². The molecule has 2 rings (SSSR count). The summed E-state index contributed by atoms with van der Waals surface area (Å²) in [7, 11) is 0. The summed E-state index contributed by atoms with van der Waals surface area (Å²) < 4.78 is 0. The van der Waals surface area contributed by atoms with Gasteiger partial charge < -0.3 is 5.32 Å². The van der Waals surface area contributed by atoms with Crippen molar-refractivity contribution >= 4 is 11.8 Å². The van der Waals surface area contributed by atoms with Gasteiger partial charge in [-0.15, -0.1) is 11.8 Å². The van der Waals surface area contributed by atoms with E-state index >= 15 is 0 Å². The number of nitrogens with zero attached hydrogens (tertiary/aromatic N) is 2. The fourth-order valence-electron chi connectivity index (χ4n) is 2.04. The molecule has 0 radical (unpaired) electrons. The highest BCUT2D eigenvalue weighted by Crippen LogP contribution is 2.33. The normalized spacial score (nSPS) is 25.7. The predicted octanol–water partition coefficient (Wildman–Crippen LogP) is 2.10. The van der Waals surface area contributed by atoms with Crippen LogP contribution in [0.4, 0.5) is 0 Å². The summed E-state index contributed by atoms with van der Waals surface area (Å²) >= 11 is 1.87. The zero-order chi connectivity index (χ0) is 10.5. The molecule has 1 aromatic heterocycles. The van der Waals surface area contributed by atoms with Gasteiger partial charge in [0.2, 0.25) is 0 Å². The number of aromatic nitrogens is 2. The molecule has 2 atom stereocenters. The van der Waals surface area contributed by atoms with Crippen LogP contribution in [-0.2, 0) is 0 Å². The Morgan fingerprint density at radius 3 is 3.13 bits per heavy atom. The molecule has 1 fully saturated rings. The Balaban J connectivity index is 1.82. The van der Waals surface area contributed by atoms with Crippen LogP contribution in [-0.4, -0.2) is 27.8 Å². The quantitative estimate of drug-likeness (QED) is 0.848. The van der Waals surface area contributed by atoms with Crippen LogP contribution in [0.1, 0.15) is 26.2 Å². The van der Waals surface area contributed by atoms with Crippen molar-refractivity contribution in [2.75, 3.05) is 6.54 Å². The average molecular weight is 223 g/mol. The summed E-state index contributed by atoms with van der Waals surface area (Å²) in [6.45, 7) is 3.25. The molecule has 2 unspecified atom stereocenters. The maximum absolute atomic E-state index is 4.29. The average Bonchev–Trinajstić information content (AvgIpc) is 2.68. The van der Waals surface area contributed by atoms with E-state index in [1.54, 1.807) is 12.4 Å². The zero-order valence-electron chi connectivity index (χ0n) is 9.02. The molecule has 0 bridgehead atoms. The van der Waals surface area contributed by atoms with E-state index in [4.69, 9.17) is 0 Å². The number of thioether (sulfide) groups is 1. The van der Waals surface area contributed by atoms with Crippen LogP contribution in [0, 0.1) is 0 Å². The van der Waals surface area contributed by atoms with Gasteiger partial charge in [-0.05, 0) is 25.8 Å². The van der Waals surface area contributed by atoms with Gasteiger partial charge >= 0.3 is 0 Å². The summed E-state index contributed by atoms with van der Waals surface area (Å²) in [6, 6.07) is 0.712. The van der Waals surface area contributed by atoms with Gasteiger partial charge in [-0.1, -0.05) is 6.92 Å². The maximum Gasteiger partial charge on any atom is 0.115 e. The van der Waals surface area contributed by atoms with E-state index in [0.29, 0.717) is 11.3 Å². The van der Waals surface area contributed by atoms with Crippen molar-refractivity contribution in [2.24, 2.45) is 0 Å². The van der Waals surface area contributed by atoms with Gasteiger partial charge in [0.25, 0.3) is 0 Å². The zero-order valence-corrected chi connectivity index (χ0v) is 9.83. The first-order valence-electron chi connectivity index (χ1n) is 5.54. The highest BCUT2D eigenvalue weighted by Gasteiger charge is 2.24. The van der Waals surface area contributed by atoms with Crippen LogP contribution >= 0.6 is 11.8 Å². The van der Waals surface area contributed by atoms with Crippen LogP contribution in [0.3, 0.4) is 0 Å². The number of nitrogens with one attached hydrogen (secondary N) is 1.